The lowest BCUT2D eigenvalue weighted by Crippen LogP contribution is -2.34. The molecule has 0 aromatic heterocycles. The van der Waals surface area contributed by atoms with Crippen LogP contribution in [0.1, 0.15) is 33.6 Å². The Kier molecular flexibility index (Phi) is 2.23. The molecular weight excluding hydrogens is 194 g/mol. The van der Waals surface area contributed by atoms with Crippen molar-refractivity contribution in [2.75, 3.05) is 6.61 Å². The van der Waals surface area contributed by atoms with Crippen molar-refractivity contribution in [3.8, 4) is 0 Å². The van der Waals surface area contributed by atoms with Gasteiger partial charge in [0, 0.05) is 12.6 Å². The number of ether oxygens (including phenoxy) is 1. The Morgan fingerprint density at radius 1 is 1.53 bits per heavy atom. The first-order chi connectivity index (χ1) is 6.87. The highest BCUT2D eigenvalue weighted by atomic mass is 16.6. The maximum Gasteiger partial charge on any atom is 0.407 e. The fraction of sp³-hybridized carbons (Fsp3) is 0.909. The molecule has 2 N–H and O–H groups in total. The van der Waals surface area contributed by atoms with Crippen molar-refractivity contribution in [1.82, 2.24) is 5.32 Å². The van der Waals surface area contributed by atoms with E-state index in [4.69, 9.17) is 9.84 Å². The van der Waals surface area contributed by atoms with Gasteiger partial charge in [0.2, 0.25) is 0 Å². The molecule has 0 aliphatic heterocycles. The van der Waals surface area contributed by atoms with Gasteiger partial charge in [-0.05, 0) is 44.9 Å². The van der Waals surface area contributed by atoms with E-state index in [9.17, 15) is 4.79 Å². The number of hydrogen-bond acceptors (Lipinski definition) is 3. The van der Waals surface area contributed by atoms with Crippen LogP contribution < -0.4 is 5.32 Å². The summed E-state index contributed by atoms with van der Waals surface area (Å²) in [4.78, 5) is 11.4. The zero-order valence-electron chi connectivity index (χ0n) is 9.54. The molecule has 2 aliphatic rings. The van der Waals surface area contributed by atoms with E-state index in [0.29, 0.717) is 5.92 Å². The smallest absolute Gasteiger partial charge is 0.407 e. The maximum atomic E-state index is 11.4. The summed E-state index contributed by atoms with van der Waals surface area (Å²) in [5.74, 6) is 0.400. The van der Waals surface area contributed by atoms with E-state index in [2.05, 4.69) is 5.32 Å². The van der Waals surface area contributed by atoms with E-state index in [0.717, 1.165) is 12.8 Å². The van der Waals surface area contributed by atoms with Gasteiger partial charge in [-0.2, -0.15) is 0 Å². The van der Waals surface area contributed by atoms with E-state index >= 15 is 0 Å². The van der Waals surface area contributed by atoms with E-state index in [1.54, 1.807) is 0 Å². The molecular formula is C11H19NO3. The van der Waals surface area contributed by atoms with Crippen LogP contribution in [0.3, 0.4) is 0 Å². The summed E-state index contributed by atoms with van der Waals surface area (Å²) in [6.45, 7) is 5.79. The standard InChI is InChI=1S/C11H19NO3/c1-10(2,3)15-9(14)12-8-5-11(8)4-7(11)6-13/h7-8,13H,4-6H2,1-3H3,(H,12,14)/t7-,8+,11+/m1/s1. The molecule has 2 fully saturated rings. The molecule has 0 unspecified atom stereocenters. The monoisotopic (exact) mass is 213 g/mol. The van der Waals surface area contributed by atoms with Crippen molar-refractivity contribution in [1.29, 1.82) is 0 Å². The third-order valence-electron chi connectivity index (χ3n) is 3.31. The minimum absolute atomic E-state index is 0.226. The molecule has 0 saturated heterocycles. The molecule has 0 aromatic rings. The second-order valence-corrected chi connectivity index (χ2v) is 5.72. The first kappa shape index (κ1) is 10.7. The SMILES string of the molecule is CC(C)(C)OC(=O)N[C@H]1C[C@]12C[C@@H]2CO. The quantitative estimate of drug-likeness (QED) is 0.726. The molecule has 15 heavy (non-hydrogen) atoms. The topological polar surface area (TPSA) is 58.6 Å². The fourth-order valence-corrected chi connectivity index (χ4v) is 2.29. The van der Waals surface area contributed by atoms with Gasteiger partial charge < -0.3 is 15.2 Å². The second-order valence-electron chi connectivity index (χ2n) is 5.72. The van der Waals surface area contributed by atoms with Gasteiger partial charge in [-0.3, -0.25) is 0 Å². The lowest BCUT2D eigenvalue weighted by atomic mass is 10.2. The summed E-state index contributed by atoms with van der Waals surface area (Å²) in [5.41, 5.74) is -0.211. The normalized spacial score (nSPS) is 37.6. The average molecular weight is 213 g/mol. The summed E-state index contributed by atoms with van der Waals surface area (Å²) in [6.07, 6.45) is 1.70. The molecule has 1 amide bonds. The molecule has 2 aliphatic carbocycles. The molecule has 2 saturated carbocycles. The van der Waals surface area contributed by atoms with Crippen LogP contribution >= 0.6 is 0 Å². The van der Waals surface area contributed by atoms with Gasteiger partial charge in [-0.25, -0.2) is 4.79 Å². The third-order valence-corrected chi connectivity index (χ3v) is 3.31. The zero-order valence-corrected chi connectivity index (χ0v) is 9.54. The van der Waals surface area contributed by atoms with Crippen molar-refractivity contribution in [2.45, 2.75) is 45.3 Å². The van der Waals surface area contributed by atoms with Crippen molar-refractivity contribution in [3.05, 3.63) is 0 Å². The summed E-state index contributed by atoms with van der Waals surface area (Å²) >= 11 is 0. The van der Waals surface area contributed by atoms with Crippen LogP contribution in [0, 0.1) is 11.3 Å². The third kappa shape index (κ3) is 2.09. The number of alkyl carbamates (subject to hydrolysis) is 1. The van der Waals surface area contributed by atoms with E-state index in [1.165, 1.54) is 0 Å². The van der Waals surface area contributed by atoms with Gasteiger partial charge in [-0.15, -0.1) is 0 Å². The molecule has 4 heteroatoms. The first-order valence-electron chi connectivity index (χ1n) is 5.48. The summed E-state index contributed by atoms with van der Waals surface area (Å²) < 4.78 is 5.17. The minimum Gasteiger partial charge on any atom is -0.444 e. The van der Waals surface area contributed by atoms with Crippen LogP contribution in [0.25, 0.3) is 0 Å². The van der Waals surface area contributed by atoms with Crippen LogP contribution in [0.5, 0.6) is 0 Å². The molecule has 0 bridgehead atoms. The highest BCUT2D eigenvalue weighted by molar-refractivity contribution is 5.69. The summed E-state index contributed by atoms with van der Waals surface area (Å²) in [5, 5.41) is 11.8. The molecule has 86 valence electrons. The number of rotatable bonds is 2. The van der Waals surface area contributed by atoms with Crippen LogP contribution in [-0.2, 0) is 4.74 Å². The van der Waals surface area contributed by atoms with Crippen LogP contribution in [0.15, 0.2) is 0 Å². The largest absolute Gasteiger partial charge is 0.444 e. The average Bonchev–Trinajstić information content (AvgIpc) is 2.90. The van der Waals surface area contributed by atoms with Gasteiger partial charge in [0.1, 0.15) is 5.60 Å². The van der Waals surface area contributed by atoms with Crippen LogP contribution in [0.4, 0.5) is 4.79 Å². The molecule has 1 spiro atoms. The zero-order chi connectivity index (χ0) is 11.3. The predicted molar refractivity (Wildman–Crippen MR) is 55.4 cm³/mol. The van der Waals surface area contributed by atoms with Crippen LogP contribution in [0.2, 0.25) is 0 Å². The van der Waals surface area contributed by atoms with Crippen molar-refractivity contribution in [2.24, 2.45) is 11.3 Å². The number of aliphatic hydroxyl groups excluding tert-OH is 1. The Morgan fingerprint density at radius 3 is 2.67 bits per heavy atom. The lowest BCUT2D eigenvalue weighted by molar-refractivity contribution is 0.0519. The van der Waals surface area contributed by atoms with Gasteiger partial charge in [0.15, 0.2) is 0 Å². The molecule has 4 nitrogen and oxygen atoms in total. The Balaban J connectivity index is 1.74. The number of aliphatic hydroxyl groups is 1. The summed E-state index contributed by atoms with van der Waals surface area (Å²) in [7, 11) is 0. The minimum atomic E-state index is -0.438. The Morgan fingerprint density at radius 2 is 2.20 bits per heavy atom. The fourth-order valence-electron chi connectivity index (χ4n) is 2.29. The Labute approximate surface area is 90.0 Å². The number of nitrogens with one attached hydrogen (secondary N) is 1. The number of amides is 1. The maximum absolute atomic E-state index is 11.4. The number of carbonyl (C=O) groups excluding carboxylic acids is 1. The summed E-state index contributed by atoms with van der Waals surface area (Å²) in [6, 6.07) is 0.226. The van der Waals surface area contributed by atoms with E-state index in [-0.39, 0.29) is 24.2 Å². The highest BCUT2D eigenvalue weighted by Crippen LogP contribution is 2.70. The van der Waals surface area contributed by atoms with E-state index in [1.807, 2.05) is 20.8 Å². The van der Waals surface area contributed by atoms with Crippen LogP contribution in [-0.4, -0.2) is 29.4 Å². The first-order valence-corrected chi connectivity index (χ1v) is 5.48. The Bertz CT molecular complexity index is 284. The Hall–Kier alpha value is -0.770. The van der Waals surface area contributed by atoms with Gasteiger partial charge in [0.25, 0.3) is 0 Å². The number of hydrogen-bond donors (Lipinski definition) is 2. The van der Waals surface area contributed by atoms with E-state index < -0.39 is 5.60 Å². The molecule has 0 aromatic carbocycles. The van der Waals surface area contributed by atoms with Gasteiger partial charge in [-0.1, -0.05) is 0 Å². The highest BCUT2D eigenvalue weighted by Gasteiger charge is 2.70. The molecule has 3 atom stereocenters. The molecule has 2 rings (SSSR count). The van der Waals surface area contributed by atoms with Crippen molar-refractivity contribution in [3.63, 3.8) is 0 Å². The van der Waals surface area contributed by atoms with Crippen molar-refractivity contribution < 1.29 is 14.6 Å². The number of carbonyl (C=O) groups is 1. The predicted octanol–water partition coefficient (Wildman–Crippen LogP) is 1.28. The van der Waals surface area contributed by atoms with Gasteiger partial charge in [0.05, 0.1) is 0 Å². The molecule has 0 radical (unpaired) electrons. The lowest BCUT2D eigenvalue weighted by Gasteiger charge is -2.19. The van der Waals surface area contributed by atoms with Crippen molar-refractivity contribution >= 4 is 6.09 Å². The van der Waals surface area contributed by atoms with Gasteiger partial charge >= 0.3 is 6.09 Å². The second kappa shape index (κ2) is 3.11. The molecule has 0 heterocycles.